The van der Waals surface area contributed by atoms with E-state index in [0.29, 0.717) is 25.1 Å². The number of anilines is 1. The van der Waals surface area contributed by atoms with Crippen molar-refractivity contribution in [3.05, 3.63) is 59.2 Å². The predicted octanol–water partition coefficient (Wildman–Crippen LogP) is 1.53. The van der Waals surface area contributed by atoms with Crippen LogP contribution in [-0.2, 0) is 22.7 Å². The van der Waals surface area contributed by atoms with Crippen molar-refractivity contribution in [1.82, 2.24) is 15.1 Å². The monoisotopic (exact) mass is 446 g/mol. The van der Waals surface area contributed by atoms with Crippen molar-refractivity contribution in [2.75, 3.05) is 31.1 Å². The highest BCUT2D eigenvalue weighted by atomic mass is 16.5. The van der Waals surface area contributed by atoms with Gasteiger partial charge in [0, 0.05) is 44.7 Å². The molecule has 2 aromatic carbocycles. The number of piperidine rings is 1. The minimum Gasteiger partial charge on any atom is -0.489 e. The Morgan fingerprint density at radius 1 is 1.03 bits per heavy atom. The van der Waals surface area contributed by atoms with Crippen LogP contribution in [-0.4, -0.2) is 65.8 Å². The zero-order chi connectivity index (χ0) is 22.5. The second-order valence-electron chi connectivity index (χ2n) is 9.26. The van der Waals surface area contributed by atoms with Gasteiger partial charge in [0.2, 0.25) is 11.8 Å². The maximum Gasteiger partial charge on any atom is 0.255 e. The summed E-state index contributed by atoms with van der Waals surface area (Å²) in [5, 5.41) is 2.36. The Morgan fingerprint density at radius 2 is 1.88 bits per heavy atom. The smallest absolute Gasteiger partial charge is 0.255 e. The van der Waals surface area contributed by atoms with Gasteiger partial charge in [-0.3, -0.25) is 24.6 Å². The summed E-state index contributed by atoms with van der Waals surface area (Å²) in [5.41, 5.74) is 3.86. The molecule has 6 rings (SSSR count). The minimum atomic E-state index is -0.602. The third kappa shape index (κ3) is 3.54. The normalized spacial score (nSPS) is 24.7. The zero-order valence-corrected chi connectivity index (χ0v) is 18.3. The number of piperazine rings is 1. The molecule has 2 saturated heterocycles. The molecule has 2 fully saturated rings. The van der Waals surface area contributed by atoms with Gasteiger partial charge in [-0.1, -0.05) is 30.3 Å². The van der Waals surface area contributed by atoms with Gasteiger partial charge < -0.3 is 14.5 Å². The number of carbonyl (C=O) groups is 3. The number of hydrogen-bond donors (Lipinski definition) is 1. The Morgan fingerprint density at radius 3 is 2.70 bits per heavy atom. The van der Waals surface area contributed by atoms with E-state index >= 15 is 0 Å². The van der Waals surface area contributed by atoms with Gasteiger partial charge in [-0.25, -0.2) is 0 Å². The van der Waals surface area contributed by atoms with Crippen molar-refractivity contribution in [3.63, 3.8) is 0 Å². The summed E-state index contributed by atoms with van der Waals surface area (Å²) in [5.74, 6) is -0.0922. The van der Waals surface area contributed by atoms with Crippen LogP contribution in [0.1, 0.15) is 34.3 Å². The summed E-state index contributed by atoms with van der Waals surface area (Å²) in [7, 11) is 0. The van der Waals surface area contributed by atoms with Gasteiger partial charge in [0.25, 0.3) is 5.91 Å². The van der Waals surface area contributed by atoms with E-state index in [1.807, 2.05) is 12.1 Å². The lowest BCUT2D eigenvalue weighted by Gasteiger charge is -2.45. The molecule has 0 radical (unpaired) electrons. The van der Waals surface area contributed by atoms with E-state index in [-0.39, 0.29) is 30.2 Å². The molecular weight excluding hydrogens is 420 g/mol. The van der Waals surface area contributed by atoms with Crippen LogP contribution in [0.25, 0.3) is 0 Å². The van der Waals surface area contributed by atoms with Crippen LogP contribution >= 0.6 is 0 Å². The summed E-state index contributed by atoms with van der Waals surface area (Å²) < 4.78 is 6.12. The van der Waals surface area contributed by atoms with E-state index in [1.54, 1.807) is 4.90 Å². The number of nitrogens with one attached hydrogen (secondary N) is 1. The first kappa shape index (κ1) is 20.2. The van der Waals surface area contributed by atoms with Crippen LogP contribution in [0.3, 0.4) is 0 Å². The van der Waals surface area contributed by atoms with E-state index in [2.05, 4.69) is 45.4 Å². The van der Waals surface area contributed by atoms with Gasteiger partial charge in [-0.15, -0.1) is 0 Å². The lowest BCUT2D eigenvalue weighted by atomic mass is 10.0. The Balaban J connectivity index is 1.20. The quantitative estimate of drug-likeness (QED) is 0.721. The summed E-state index contributed by atoms with van der Waals surface area (Å²) in [6.45, 7) is 4.68. The van der Waals surface area contributed by atoms with Crippen molar-refractivity contribution in [2.24, 2.45) is 0 Å². The molecule has 170 valence electrons. The average molecular weight is 447 g/mol. The standard InChI is InChI=1S/C25H26N4O4/c30-23-7-6-20(24(31)26-23)29-13-17-10-21-22(11-19(17)25(29)32)33-15-18-14-27(8-9-28(18)21)12-16-4-2-1-3-5-16/h1-5,10-11,18,20H,6-9,12-15H2,(H,26,30,31)/t18-,20?/m0/s1. The maximum absolute atomic E-state index is 13.1. The molecule has 0 bridgehead atoms. The highest BCUT2D eigenvalue weighted by Gasteiger charge is 2.41. The van der Waals surface area contributed by atoms with Gasteiger partial charge in [0.05, 0.1) is 11.7 Å². The van der Waals surface area contributed by atoms with Crippen molar-refractivity contribution in [1.29, 1.82) is 0 Å². The first-order valence-electron chi connectivity index (χ1n) is 11.5. The van der Waals surface area contributed by atoms with Crippen LogP contribution in [0, 0.1) is 0 Å². The number of ether oxygens (including phenoxy) is 1. The van der Waals surface area contributed by atoms with Crippen LogP contribution in [0.5, 0.6) is 5.75 Å². The number of hydrogen-bond acceptors (Lipinski definition) is 6. The molecule has 4 heterocycles. The van der Waals surface area contributed by atoms with Crippen LogP contribution in [0.15, 0.2) is 42.5 Å². The topological polar surface area (TPSA) is 82.2 Å². The summed E-state index contributed by atoms with van der Waals surface area (Å²) in [4.78, 5) is 43.4. The molecular formula is C25H26N4O4. The number of fused-ring (bicyclic) bond motifs is 4. The minimum absolute atomic E-state index is 0.166. The summed E-state index contributed by atoms with van der Waals surface area (Å²) >= 11 is 0. The van der Waals surface area contributed by atoms with E-state index in [0.717, 1.165) is 43.2 Å². The Kier molecular flexibility index (Phi) is 4.83. The SMILES string of the molecule is O=C1CCC(N2Cc3cc4c(cc3C2=O)OC[C@@H]2CN(Cc3ccccc3)CCN42)C(=O)N1. The molecule has 4 aliphatic heterocycles. The van der Waals surface area contributed by atoms with Gasteiger partial charge >= 0.3 is 0 Å². The van der Waals surface area contributed by atoms with Crippen molar-refractivity contribution < 1.29 is 19.1 Å². The zero-order valence-electron chi connectivity index (χ0n) is 18.3. The van der Waals surface area contributed by atoms with Gasteiger partial charge in [-0.2, -0.15) is 0 Å². The molecule has 0 saturated carbocycles. The molecule has 3 amide bonds. The maximum atomic E-state index is 13.1. The highest BCUT2D eigenvalue weighted by molar-refractivity contribution is 6.05. The number of carbonyl (C=O) groups excluding carboxylic acids is 3. The lowest BCUT2D eigenvalue weighted by Crippen LogP contribution is -2.56. The first-order chi connectivity index (χ1) is 16.1. The third-order valence-corrected chi connectivity index (χ3v) is 7.16. The predicted molar refractivity (Wildman–Crippen MR) is 121 cm³/mol. The molecule has 4 aliphatic rings. The van der Waals surface area contributed by atoms with E-state index < -0.39 is 6.04 Å². The molecule has 2 aromatic rings. The number of amides is 3. The van der Waals surface area contributed by atoms with Crippen LogP contribution in [0.4, 0.5) is 5.69 Å². The third-order valence-electron chi connectivity index (χ3n) is 7.16. The second-order valence-corrected chi connectivity index (χ2v) is 9.26. The van der Waals surface area contributed by atoms with Gasteiger partial charge in [-0.05, 0) is 29.7 Å². The fraction of sp³-hybridized carbons (Fsp3) is 0.400. The molecule has 1 N–H and O–H groups in total. The van der Waals surface area contributed by atoms with Crippen molar-refractivity contribution in [2.45, 2.75) is 38.0 Å². The molecule has 0 spiro atoms. The van der Waals surface area contributed by atoms with Crippen LogP contribution in [0.2, 0.25) is 0 Å². The molecule has 8 heteroatoms. The molecule has 1 unspecified atom stereocenters. The fourth-order valence-corrected chi connectivity index (χ4v) is 5.47. The number of benzene rings is 2. The molecule has 8 nitrogen and oxygen atoms in total. The first-order valence-corrected chi connectivity index (χ1v) is 11.5. The number of imide groups is 1. The Labute approximate surface area is 192 Å². The summed E-state index contributed by atoms with van der Waals surface area (Å²) in [6, 6.07) is 14.1. The summed E-state index contributed by atoms with van der Waals surface area (Å²) in [6.07, 6.45) is 0.622. The van der Waals surface area contributed by atoms with E-state index in [9.17, 15) is 14.4 Å². The number of nitrogens with zero attached hydrogens (tertiary/aromatic N) is 3. The van der Waals surface area contributed by atoms with Gasteiger partial charge in [0.15, 0.2) is 0 Å². The van der Waals surface area contributed by atoms with Crippen molar-refractivity contribution in [3.8, 4) is 5.75 Å². The molecule has 33 heavy (non-hydrogen) atoms. The Bertz CT molecular complexity index is 1130. The molecule has 0 aliphatic carbocycles. The highest BCUT2D eigenvalue weighted by Crippen LogP contribution is 2.41. The van der Waals surface area contributed by atoms with Crippen LogP contribution < -0.4 is 15.0 Å². The molecule has 0 aromatic heterocycles. The van der Waals surface area contributed by atoms with Gasteiger partial charge in [0.1, 0.15) is 18.4 Å². The second kappa shape index (κ2) is 7.88. The van der Waals surface area contributed by atoms with Crippen molar-refractivity contribution >= 4 is 23.4 Å². The Hall–Kier alpha value is -3.39. The largest absolute Gasteiger partial charge is 0.489 e. The molecule has 2 atom stereocenters. The van der Waals surface area contributed by atoms with E-state index in [1.165, 1.54) is 5.56 Å². The number of rotatable bonds is 3. The average Bonchev–Trinajstić information content (AvgIpc) is 3.13. The fourth-order valence-electron chi connectivity index (χ4n) is 5.47. The lowest BCUT2D eigenvalue weighted by molar-refractivity contribution is -0.136. The van der Waals surface area contributed by atoms with E-state index in [4.69, 9.17) is 4.74 Å².